The second-order valence-electron chi connectivity index (χ2n) is 3.37. The van der Waals surface area contributed by atoms with E-state index < -0.39 is 0 Å². The number of ketones is 2. The van der Waals surface area contributed by atoms with Crippen molar-refractivity contribution in [1.82, 2.24) is 0 Å². The Bertz CT molecular complexity index is 491. The quantitative estimate of drug-likeness (QED) is 0.439. The topological polar surface area (TPSA) is 57.9 Å². The van der Waals surface area contributed by atoms with Gasteiger partial charge >= 0.3 is 0 Å². The Kier molecular flexibility index (Phi) is 3.73. The first-order valence-corrected chi connectivity index (χ1v) is 4.79. The van der Waals surface area contributed by atoms with Crippen LogP contribution in [-0.2, 0) is 9.59 Å². The average Bonchev–Trinajstić information content (AvgIpc) is 2.25. The van der Waals surface area contributed by atoms with Gasteiger partial charge in [-0.2, -0.15) is 5.26 Å². The maximum absolute atomic E-state index is 11.2. The van der Waals surface area contributed by atoms with Gasteiger partial charge in [-0.15, -0.1) is 0 Å². The predicted molar refractivity (Wildman–Crippen MR) is 60.5 cm³/mol. The molecule has 1 aromatic rings. The number of nitriles is 1. The van der Waals surface area contributed by atoms with Crippen molar-refractivity contribution < 1.29 is 9.59 Å². The highest BCUT2D eigenvalue weighted by Crippen LogP contribution is 2.13. The molecule has 16 heavy (non-hydrogen) atoms. The van der Waals surface area contributed by atoms with Gasteiger partial charge in [0.1, 0.15) is 0 Å². The summed E-state index contributed by atoms with van der Waals surface area (Å²) in [5, 5.41) is 8.86. The van der Waals surface area contributed by atoms with Gasteiger partial charge in [-0.3, -0.25) is 9.59 Å². The Labute approximate surface area is 94.0 Å². The molecular formula is C13H11NO2. The van der Waals surface area contributed by atoms with E-state index in [4.69, 9.17) is 5.26 Å². The fraction of sp³-hybridized carbons (Fsp3) is 0.154. The summed E-state index contributed by atoms with van der Waals surface area (Å²) in [5.41, 5.74) is 1.15. The van der Waals surface area contributed by atoms with Gasteiger partial charge in [0.05, 0.1) is 17.2 Å². The van der Waals surface area contributed by atoms with Crippen molar-refractivity contribution in [2.24, 2.45) is 0 Å². The Morgan fingerprint density at radius 1 is 1.19 bits per heavy atom. The molecule has 0 fully saturated rings. The number of carbonyl (C=O) groups excluding carboxylic acids is 2. The van der Waals surface area contributed by atoms with Crippen molar-refractivity contribution in [1.29, 1.82) is 5.26 Å². The van der Waals surface area contributed by atoms with Crippen LogP contribution in [0, 0.1) is 11.3 Å². The molecule has 3 heteroatoms. The molecule has 0 atom stereocenters. The second-order valence-corrected chi connectivity index (χ2v) is 3.37. The third-order valence-corrected chi connectivity index (χ3v) is 2.14. The van der Waals surface area contributed by atoms with Gasteiger partial charge in [0.2, 0.25) is 0 Å². The summed E-state index contributed by atoms with van der Waals surface area (Å²) in [5.74, 6) is -0.583. The maximum atomic E-state index is 11.2. The SMILES string of the molecule is CC(=O)C(=Cc1ccccc1C#N)C(C)=O. The highest BCUT2D eigenvalue weighted by atomic mass is 16.1. The Morgan fingerprint density at radius 3 is 2.25 bits per heavy atom. The third kappa shape index (κ3) is 2.64. The smallest absolute Gasteiger partial charge is 0.163 e. The molecule has 3 nitrogen and oxygen atoms in total. The monoisotopic (exact) mass is 213 g/mol. The lowest BCUT2D eigenvalue weighted by molar-refractivity contribution is -0.119. The normalized spacial score (nSPS) is 9.06. The zero-order chi connectivity index (χ0) is 12.1. The molecule has 0 unspecified atom stereocenters. The summed E-state index contributed by atoms with van der Waals surface area (Å²) in [6.45, 7) is 2.67. The van der Waals surface area contributed by atoms with Crippen LogP contribution in [0.3, 0.4) is 0 Å². The number of benzene rings is 1. The zero-order valence-electron chi connectivity index (χ0n) is 9.15. The van der Waals surface area contributed by atoms with E-state index in [-0.39, 0.29) is 17.1 Å². The van der Waals surface area contributed by atoms with E-state index in [0.717, 1.165) is 0 Å². The van der Waals surface area contributed by atoms with Crippen molar-refractivity contribution in [3.63, 3.8) is 0 Å². The van der Waals surface area contributed by atoms with Crippen molar-refractivity contribution in [3.8, 4) is 6.07 Å². The molecular weight excluding hydrogens is 202 g/mol. The van der Waals surface area contributed by atoms with E-state index in [1.807, 2.05) is 6.07 Å². The molecule has 1 aromatic carbocycles. The van der Waals surface area contributed by atoms with E-state index in [2.05, 4.69) is 0 Å². The number of nitrogens with zero attached hydrogens (tertiary/aromatic N) is 1. The van der Waals surface area contributed by atoms with E-state index in [0.29, 0.717) is 11.1 Å². The fourth-order valence-corrected chi connectivity index (χ4v) is 1.33. The molecule has 0 bridgehead atoms. The second kappa shape index (κ2) is 5.04. The summed E-state index contributed by atoms with van der Waals surface area (Å²) >= 11 is 0. The lowest BCUT2D eigenvalue weighted by Crippen LogP contribution is -2.05. The summed E-state index contributed by atoms with van der Waals surface area (Å²) in [6, 6.07) is 8.84. The van der Waals surface area contributed by atoms with Crippen molar-refractivity contribution >= 4 is 17.6 Å². The average molecular weight is 213 g/mol. The van der Waals surface area contributed by atoms with E-state index in [1.165, 1.54) is 19.9 Å². The van der Waals surface area contributed by atoms with Gasteiger partial charge < -0.3 is 0 Å². The van der Waals surface area contributed by atoms with Crippen molar-refractivity contribution in [3.05, 3.63) is 41.0 Å². The van der Waals surface area contributed by atoms with E-state index >= 15 is 0 Å². The fourth-order valence-electron chi connectivity index (χ4n) is 1.33. The van der Waals surface area contributed by atoms with Gasteiger partial charge in [-0.05, 0) is 31.6 Å². The summed E-state index contributed by atoms with van der Waals surface area (Å²) in [7, 11) is 0. The van der Waals surface area contributed by atoms with Crippen LogP contribution in [0.1, 0.15) is 25.0 Å². The molecule has 0 aliphatic carbocycles. The lowest BCUT2D eigenvalue weighted by atomic mass is 10.0. The van der Waals surface area contributed by atoms with Gasteiger partial charge in [0, 0.05) is 0 Å². The highest BCUT2D eigenvalue weighted by Gasteiger charge is 2.10. The Morgan fingerprint density at radius 2 is 1.75 bits per heavy atom. The molecule has 0 aliphatic rings. The number of hydrogen-bond donors (Lipinski definition) is 0. The summed E-state index contributed by atoms with van der Waals surface area (Å²) < 4.78 is 0. The van der Waals surface area contributed by atoms with Crippen LogP contribution in [0.2, 0.25) is 0 Å². The first-order chi connectivity index (χ1) is 7.56. The van der Waals surface area contributed by atoms with Crippen LogP contribution in [0.25, 0.3) is 6.08 Å². The van der Waals surface area contributed by atoms with E-state index in [9.17, 15) is 9.59 Å². The van der Waals surface area contributed by atoms with Gasteiger partial charge in [0.15, 0.2) is 11.6 Å². The molecule has 0 saturated carbocycles. The Hall–Kier alpha value is -2.21. The third-order valence-electron chi connectivity index (χ3n) is 2.14. The first kappa shape index (κ1) is 11.9. The molecule has 0 saturated heterocycles. The predicted octanol–water partition coefficient (Wildman–Crippen LogP) is 2.12. The van der Waals surface area contributed by atoms with Gasteiger partial charge in [-0.1, -0.05) is 18.2 Å². The minimum atomic E-state index is -0.291. The molecule has 0 aliphatic heterocycles. The largest absolute Gasteiger partial charge is 0.294 e. The van der Waals surface area contributed by atoms with Crippen LogP contribution in [0.15, 0.2) is 29.8 Å². The van der Waals surface area contributed by atoms with E-state index in [1.54, 1.807) is 24.3 Å². The first-order valence-electron chi connectivity index (χ1n) is 4.79. The Balaban J connectivity index is 3.30. The molecule has 80 valence electrons. The van der Waals surface area contributed by atoms with Crippen LogP contribution in [0.4, 0.5) is 0 Å². The van der Waals surface area contributed by atoms with Crippen LogP contribution in [0.5, 0.6) is 0 Å². The highest BCUT2D eigenvalue weighted by molar-refractivity contribution is 6.21. The van der Waals surface area contributed by atoms with Crippen LogP contribution < -0.4 is 0 Å². The number of rotatable bonds is 3. The molecule has 0 amide bonds. The number of allylic oxidation sites excluding steroid dienone is 1. The molecule has 0 N–H and O–H groups in total. The minimum absolute atomic E-state index is 0.114. The van der Waals surface area contributed by atoms with Gasteiger partial charge in [-0.25, -0.2) is 0 Å². The maximum Gasteiger partial charge on any atom is 0.163 e. The summed E-state index contributed by atoms with van der Waals surface area (Å²) in [4.78, 5) is 22.4. The molecule has 1 rings (SSSR count). The molecule has 0 radical (unpaired) electrons. The molecule has 0 aromatic heterocycles. The van der Waals surface area contributed by atoms with Crippen LogP contribution in [-0.4, -0.2) is 11.6 Å². The minimum Gasteiger partial charge on any atom is -0.294 e. The lowest BCUT2D eigenvalue weighted by Gasteiger charge is -2.00. The molecule has 0 spiro atoms. The number of hydrogen-bond acceptors (Lipinski definition) is 3. The van der Waals surface area contributed by atoms with Crippen molar-refractivity contribution in [2.45, 2.75) is 13.8 Å². The molecule has 0 heterocycles. The van der Waals surface area contributed by atoms with Gasteiger partial charge in [0.25, 0.3) is 0 Å². The standard InChI is InChI=1S/C13H11NO2/c1-9(15)13(10(2)16)7-11-5-3-4-6-12(11)8-14/h3-7H,1-2H3. The summed E-state index contributed by atoms with van der Waals surface area (Å²) in [6.07, 6.45) is 1.46. The number of Topliss-reactive ketones (excluding diaryl/α,β-unsaturated/α-hetero) is 2. The van der Waals surface area contributed by atoms with Crippen LogP contribution >= 0.6 is 0 Å². The van der Waals surface area contributed by atoms with Crippen molar-refractivity contribution in [2.75, 3.05) is 0 Å². The zero-order valence-corrected chi connectivity index (χ0v) is 9.15. The number of carbonyl (C=O) groups is 2.